The summed E-state index contributed by atoms with van der Waals surface area (Å²) >= 11 is 0. The minimum absolute atomic E-state index is 0.0751. The highest BCUT2D eigenvalue weighted by molar-refractivity contribution is 5.98. The summed E-state index contributed by atoms with van der Waals surface area (Å²) in [4.78, 5) is 24.1. The second kappa shape index (κ2) is 9.46. The fourth-order valence-electron chi connectivity index (χ4n) is 2.43. The molecule has 1 amide bonds. The minimum Gasteiger partial charge on any atom is -0.497 e. The Bertz CT molecular complexity index is 755. The number of hydrogen-bond acceptors (Lipinski definition) is 5. The molecule has 0 atom stereocenters. The Balaban J connectivity index is 1.82. The third kappa shape index (κ3) is 5.24. The van der Waals surface area contributed by atoms with Crippen LogP contribution < -0.4 is 19.5 Å². The monoisotopic (exact) mass is 357 g/mol. The summed E-state index contributed by atoms with van der Waals surface area (Å²) in [5.41, 5.74) is 1.45. The van der Waals surface area contributed by atoms with Crippen molar-refractivity contribution in [3.63, 3.8) is 0 Å². The van der Waals surface area contributed by atoms with Crippen molar-refractivity contribution in [3.8, 4) is 17.2 Å². The van der Waals surface area contributed by atoms with Gasteiger partial charge >= 0.3 is 0 Å². The van der Waals surface area contributed by atoms with E-state index in [1.807, 2.05) is 12.1 Å². The van der Waals surface area contributed by atoms with Crippen molar-refractivity contribution in [2.24, 2.45) is 0 Å². The number of amides is 1. The topological polar surface area (TPSA) is 73.9 Å². The molecule has 2 aromatic carbocycles. The summed E-state index contributed by atoms with van der Waals surface area (Å²) in [6.07, 6.45) is 0.294. The van der Waals surface area contributed by atoms with Crippen molar-refractivity contribution in [2.75, 3.05) is 21.3 Å². The standard InChI is InChI=1S/C20H23NO5/c1-24-16-7-5-15(6-8-16)17(22)9-11-20(23)21-13-14-4-10-18(25-2)19(12-14)26-3/h4-8,10,12H,9,11,13H2,1-3H3,(H,21,23). The third-order valence-corrected chi connectivity index (χ3v) is 3.93. The first-order valence-electron chi connectivity index (χ1n) is 8.22. The van der Waals surface area contributed by atoms with Gasteiger partial charge in [0.2, 0.25) is 5.91 Å². The van der Waals surface area contributed by atoms with Gasteiger partial charge in [-0.15, -0.1) is 0 Å². The van der Waals surface area contributed by atoms with Crippen molar-refractivity contribution in [3.05, 3.63) is 53.6 Å². The van der Waals surface area contributed by atoms with Gasteiger partial charge in [-0.25, -0.2) is 0 Å². The Hall–Kier alpha value is -3.02. The first-order chi connectivity index (χ1) is 12.6. The number of hydrogen-bond donors (Lipinski definition) is 1. The summed E-state index contributed by atoms with van der Waals surface area (Å²) in [5, 5.41) is 2.81. The minimum atomic E-state index is -0.179. The highest BCUT2D eigenvalue weighted by atomic mass is 16.5. The van der Waals surface area contributed by atoms with E-state index in [1.54, 1.807) is 51.7 Å². The average Bonchev–Trinajstić information content (AvgIpc) is 2.70. The molecule has 26 heavy (non-hydrogen) atoms. The number of rotatable bonds is 9. The van der Waals surface area contributed by atoms with E-state index < -0.39 is 0 Å². The van der Waals surface area contributed by atoms with Gasteiger partial charge in [0.15, 0.2) is 17.3 Å². The van der Waals surface area contributed by atoms with Crippen molar-refractivity contribution >= 4 is 11.7 Å². The zero-order chi connectivity index (χ0) is 18.9. The van der Waals surface area contributed by atoms with Crippen LogP contribution in [-0.2, 0) is 11.3 Å². The maximum Gasteiger partial charge on any atom is 0.220 e. The molecule has 0 fully saturated rings. The maximum atomic E-state index is 12.1. The normalized spacial score (nSPS) is 10.1. The lowest BCUT2D eigenvalue weighted by Crippen LogP contribution is -2.23. The second-order valence-corrected chi connectivity index (χ2v) is 5.62. The molecule has 0 saturated heterocycles. The zero-order valence-electron chi connectivity index (χ0n) is 15.2. The molecular weight excluding hydrogens is 334 g/mol. The third-order valence-electron chi connectivity index (χ3n) is 3.93. The summed E-state index contributed by atoms with van der Waals surface area (Å²) < 4.78 is 15.5. The maximum absolute atomic E-state index is 12.1. The molecule has 0 radical (unpaired) electrons. The molecule has 2 aromatic rings. The van der Waals surface area contributed by atoms with Gasteiger partial charge in [0.05, 0.1) is 21.3 Å². The van der Waals surface area contributed by atoms with Crippen LogP contribution in [0.3, 0.4) is 0 Å². The first-order valence-corrected chi connectivity index (χ1v) is 8.22. The zero-order valence-corrected chi connectivity index (χ0v) is 15.2. The van der Waals surface area contributed by atoms with Gasteiger partial charge in [0, 0.05) is 24.9 Å². The van der Waals surface area contributed by atoms with E-state index in [1.165, 1.54) is 0 Å². The van der Waals surface area contributed by atoms with Crippen LogP contribution in [0.2, 0.25) is 0 Å². The fourth-order valence-corrected chi connectivity index (χ4v) is 2.43. The molecule has 0 unspecified atom stereocenters. The van der Waals surface area contributed by atoms with E-state index >= 15 is 0 Å². The molecule has 2 rings (SSSR count). The number of carbonyl (C=O) groups excluding carboxylic acids is 2. The Morgan fingerprint density at radius 3 is 2.15 bits per heavy atom. The molecule has 0 aliphatic rings. The van der Waals surface area contributed by atoms with E-state index in [4.69, 9.17) is 14.2 Å². The predicted molar refractivity (Wildman–Crippen MR) is 98.0 cm³/mol. The van der Waals surface area contributed by atoms with E-state index in [2.05, 4.69) is 5.32 Å². The van der Waals surface area contributed by atoms with Gasteiger partial charge in [0.1, 0.15) is 5.75 Å². The molecule has 0 aliphatic heterocycles. The lowest BCUT2D eigenvalue weighted by atomic mass is 10.1. The van der Waals surface area contributed by atoms with Crippen molar-refractivity contribution in [1.29, 1.82) is 0 Å². The lowest BCUT2D eigenvalue weighted by Gasteiger charge is -2.10. The Morgan fingerprint density at radius 2 is 1.54 bits per heavy atom. The molecule has 1 N–H and O–H groups in total. The predicted octanol–water partition coefficient (Wildman–Crippen LogP) is 2.99. The number of carbonyl (C=O) groups is 2. The molecule has 0 aromatic heterocycles. The number of ether oxygens (including phenoxy) is 3. The number of Topliss-reactive ketones (excluding diaryl/α,β-unsaturated/α-hetero) is 1. The molecule has 0 spiro atoms. The highest BCUT2D eigenvalue weighted by Gasteiger charge is 2.10. The van der Waals surface area contributed by atoms with E-state index in [9.17, 15) is 9.59 Å². The lowest BCUT2D eigenvalue weighted by molar-refractivity contribution is -0.121. The molecule has 0 bridgehead atoms. The van der Waals surface area contributed by atoms with Gasteiger partial charge in [-0.05, 0) is 42.0 Å². The number of ketones is 1. The Morgan fingerprint density at radius 1 is 0.846 bits per heavy atom. The fraction of sp³-hybridized carbons (Fsp3) is 0.300. The summed E-state index contributed by atoms with van der Waals surface area (Å²) in [7, 11) is 4.70. The van der Waals surface area contributed by atoms with Gasteiger partial charge in [-0.2, -0.15) is 0 Å². The van der Waals surface area contributed by atoms with Crippen LogP contribution in [0, 0.1) is 0 Å². The van der Waals surface area contributed by atoms with Gasteiger partial charge < -0.3 is 19.5 Å². The van der Waals surface area contributed by atoms with Crippen LogP contribution >= 0.6 is 0 Å². The van der Waals surface area contributed by atoms with E-state index in [-0.39, 0.29) is 24.5 Å². The SMILES string of the molecule is COc1ccc(C(=O)CCC(=O)NCc2ccc(OC)c(OC)c2)cc1. The quantitative estimate of drug-likeness (QED) is 0.699. The van der Waals surface area contributed by atoms with Crippen molar-refractivity contribution < 1.29 is 23.8 Å². The average molecular weight is 357 g/mol. The number of methoxy groups -OCH3 is 3. The molecule has 6 nitrogen and oxygen atoms in total. The smallest absolute Gasteiger partial charge is 0.220 e. The first kappa shape index (κ1) is 19.3. The van der Waals surface area contributed by atoms with Crippen molar-refractivity contribution in [2.45, 2.75) is 19.4 Å². The van der Waals surface area contributed by atoms with Crippen LogP contribution in [0.5, 0.6) is 17.2 Å². The van der Waals surface area contributed by atoms with E-state index in [0.717, 1.165) is 5.56 Å². The second-order valence-electron chi connectivity index (χ2n) is 5.62. The molecule has 0 aliphatic carbocycles. The van der Waals surface area contributed by atoms with E-state index in [0.29, 0.717) is 29.4 Å². The molecule has 0 heterocycles. The summed E-state index contributed by atoms with van der Waals surface area (Å²) in [6.45, 7) is 0.357. The Kier molecular flexibility index (Phi) is 7.02. The summed E-state index contributed by atoms with van der Waals surface area (Å²) in [6, 6.07) is 12.3. The van der Waals surface area contributed by atoms with Crippen LogP contribution in [-0.4, -0.2) is 33.0 Å². The van der Waals surface area contributed by atoms with Crippen LogP contribution in [0.4, 0.5) is 0 Å². The summed E-state index contributed by atoms with van der Waals surface area (Å²) in [5.74, 6) is 1.67. The Labute approximate surface area is 153 Å². The molecule has 0 saturated carbocycles. The van der Waals surface area contributed by atoms with Crippen LogP contribution in [0.1, 0.15) is 28.8 Å². The van der Waals surface area contributed by atoms with Crippen molar-refractivity contribution in [1.82, 2.24) is 5.32 Å². The van der Waals surface area contributed by atoms with Gasteiger partial charge in [0.25, 0.3) is 0 Å². The number of benzene rings is 2. The highest BCUT2D eigenvalue weighted by Crippen LogP contribution is 2.27. The number of nitrogens with one attached hydrogen (secondary N) is 1. The molecular formula is C20H23NO5. The molecule has 138 valence electrons. The van der Waals surface area contributed by atoms with Crippen LogP contribution in [0.15, 0.2) is 42.5 Å². The van der Waals surface area contributed by atoms with Crippen LogP contribution in [0.25, 0.3) is 0 Å². The van der Waals surface area contributed by atoms with Gasteiger partial charge in [-0.3, -0.25) is 9.59 Å². The van der Waals surface area contributed by atoms with Gasteiger partial charge in [-0.1, -0.05) is 6.07 Å². The largest absolute Gasteiger partial charge is 0.497 e. The molecule has 6 heteroatoms.